The van der Waals surface area contributed by atoms with Crippen molar-refractivity contribution >= 4 is 21.4 Å². The first kappa shape index (κ1) is 17.1. The third-order valence-corrected chi connectivity index (χ3v) is 5.70. The lowest BCUT2D eigenvalue weighted by atomic mass is 10.2. The van der Waals surface area contributed by atoms with Gasteiger partial charge in [0, 0.05) is 11.9 Å². The van der Waals surface area contributed by atoms with Crippen LogP contribution in [0.4, 0.5) is 10.1 Å². The molecule has 0 aliphatic rings. The molecular weight excluding hydrogens is 319 g/mol. The fourth-order valence-corrected chi connectivity index (χ4v) is 3.01. The van der Waals surface area contributed by atoms with Crippen molar-refractivity contribution in [3.8, 4) is 0 Å². The Kier molecular flexibility index (Phi) is 4.51. The van der Waals surface area contributed by atoms with Gasteiger partial charge in [0.2, 0.25) is 0 Å². The summed E-state index contributed by atoms with van der Waals surface area (Å²) in [5.74, 6) is -1.13. The standard InChI is InChI=1S/C16H17FN2O3S/c1-16(2,3)23(21,22)14-6-4-13(5-7-14)19-15(20)11-8-12(17)10-18-9-11/h4-10H,1-3H3,(H,19,20). The number of benzene rings is 1. The third-order valence-electron chi connectivity index (χ3n) is 3.20. The Morgan fingerprint density at radius 1 is 1.13 bits per heavy atom. The minimum absolute atomic E-state index is 0.0800. The molecule has 122 valence electrons. The number of carbonyl (C=O) groups excluding carboxylic acids is 1. The number of hydrogen-bond acceptors (Lipinski definition) is 4. The van der Waals surface area contributed by atoms with E-state index in [0.717, 1.165) is 12.3 Å². The monoisotopic (exact) mass is 336 g/mol. The summed E-state index contributed by atoms with van der Waals surface area (Å²) in [5, 5.41) is 2.56. The van der Waals surface area contributed by atoms with Gasteiger partial charge in [-0.25, -0.2) is 12.8 Å². The van der Waals surface area contributed by atoms with Crippen molar-refractivity contribution in [2.75, 3.05) is 5.32 Å². The van der Waals surface area contributed by atoms with Crippen LogP contribution in [0.25, 0.3) is 0 Å². The molecule has 2 rings (SSSR count). The normalized spacial score (nSPS) is 12.0. The lowest BCUT2D eigenvalue weighted by Gasteiger charge is -2.19. The molecule has 1 aromatic carbocycles. The summed E-state index contributed by atoms with van der Waals surface area (Å²) in [6.45, 7) is 4.86. The predicted octanol–water partition coefficient (Wildman–Crippen LogP) is 3.05. The Hall–Kier alpha value is -2.28. The molecule has 0 aliphatic heterocycles. The zero-order valence-electron chi connectivity index (χ0n) is 13.0. The average molecular weight is 336 g/mol. The van der Waals surface area contributed by atoms with Gasteiger partial charge >= 0.3 is 0 Å². The first-order valence-corrected chi connectivity index (χ1v) is 8.36. The van der Waals surface area contributed by atoms with Gasteiger partial charge in [-0.1, -0.05) is 0 Å². The van der Waals surface area contributed by atoms with Crippen molar-refractivity contribution in [1.29, 1.82) is 0 Å². The highest BCUT2D eigenvalue weighted by atomic mass is 32.2. The Morgan fingerprint density at radius 3 is 2.26 bits per heavy atom. The molecule has 2 aromatic rings. The minimum atomic E-state index is -3.45. The molecule has 23 heavy (non-hydrogen) atoms. The van der Waals surface area contributed by atoms with Crippen LogP contribution in [0.15, 0.2) is 47.6 Å². The second-order valence-corrected chi connectivity index (χ2v) is 8.69. The Balaban J connectivity index is 2.20. The van der Waals surface area contributed by atoms with Gasteiger partial charge in [-0.3, -0.25) is 9.78 Å². The highest BCUT2D eigenvalue weighted by Crippen LogP contribution is 2.25. The van der Waals surface area contributed by atoms with Crippen molar-refractivity contribution in [2.24, 2.45) is 0 Å². The molecule has 0 saturated heterocycles. The number of sulfone groups is 1. The number of pyridine rings is 1. The van der Waals surface area contributed by atoms with Crippen LogP contribution >= 0.6 is 0 Å². The van der Waals surface area contributed by atoms with E-state index in [1.165, 1.54) is 30.5 Å². The second kappa shape index (κ2) is 6.08. The van der Waals surface area contributed by atoms with Crippen molar-refractivity contribution in [1.82, 2.24) is 4.98 Å². The molecule has 1 heterocycles. The molecule has 5 nitrogen and oxygen atoms in total. The summed E-state index contributed by atoms with van der Waals surface area (Å²) in [6, 6.07) is 6.91. The van der Waals surface area contributed by atoms with Crippen LogP contribution in [0.5, 0.6) is 0 Å². The number of carbonyl (C=O) groups is 1. The van der Waals surface area contributed by atoms with Crippen molar-refractivity contribution < 1.29 is 17.6 Å². The molecule has 1 aromatic heterocycles. The summed E-state index contributed by atoms with van der Waals surface area (Å²) < 4.78 is 36.8. The molecule has 0 aliphatic carbocycles. The van der Waals surface area contributed by atoms with Crippen LogP contribution in [-0.2, 0) is 9.84 Å². The number of rotatable bonds is 3. The summed E-state index contributed by atoms with van der Waals surface area (Å²) in [4.78, 5) is 15.8. The maximum atomic E-state index is 13.1. The maximum Gasteiger partial charge on any atom is 0.257 e. The van der Waals surface area contributed by atoms with E-state index in [1.54, 1.807) is 20.8 Å². The van der Waals surface area contributed by atoms with E-state index >= 15 is 0 Å². The van der Waals surface area contributed by atoms with E-state index in [1.807, 2.05) is 0 Å². The molecule has 0 saturated carbocycles. The van der Waals surface area contributed by atoms with E-state index in [9.17, 15) is 17.6 Å². The Morgan fingerprint density at radius 2 is 1.74 bits per heavy atom. The maximum absolute atomic E-state index is 13.1. The summed E-state index contributed by atoms with van der Waals surface area (Å²) in [6.07, 6.45) is 2.25. The minimum Gasteiger partial charge on any atom is -0.322 e. The fourth-order valence-electron chi connectivity index (χ4n) is 1.81. The molecule has 1 amide bonds. The Bertz CT molecular complexity index is 825. The number of halogens is 1. The topological polar surface area (TPSA) is 76.1 Å². The zero-order chi connectivity index (χ0) is 17.3. The van der Waals surface area contributed by atoms with Crippen LogP contribution in [0.1, 0.15) is 31.1 Å². The average Bonchev–Trinajstić information content (AvgIpc) is 2.46. The molecule has 0 radical (unpaired) electrons. The number of nitrogens with one attached hydrogen (secondary N) is 1. The van der Waals surface area contributed by atoms with Crippen molar-refractivity contribution in [2.45, 2.75) is 30.4 Å². The van der Waals surface area contributed by atoms with E-state index in [4.69, 9.17) is 0 Å². The first-order chi connectivity index (χ1) is 10.6. The molecule has 0 bridgehead atoms. The SMILES string of the molecule is CC(C)(C)S(=O)(=O)c1ccc(NC(=O)c2cncc(F)c2)cc1. The predicted molar refractivity (Wildman–Crippen MR) is 85.5 cm³/mol. The van der Waals surface area contributed by atoms with Gasteiger partial charge in [0.05, 0.1) is 21.4 Å². The lowest BCUT2D eigenvalue weighted by molar-refractivity contribution is 0.102. The molecule has 0 atom stereocenters. The van der Waals surface area contributed by atoms with Crippen LogP contribution in [-0.4, -0.2) is 24.1 Å². The number of anilines is 1. The molecule has 1 N–H and O–H groups in total. The molecular formula is C16H17FN2O3S. The molecule has 0 fully saturated rings. The molecule has 0 unspecified atom stereocenters. The smallest absolute Gasteiger partial charge is 0.257 e. The van der Waals surface area contributed by atoms with Gasteiger partial charge < -0.3 is 5.32 Å². The van der Waals surface area contributed by atoms with Gasteiger partial charge in [0.25, 0.3) is 5.91 Å². The summed E-state index contributed by atoms with van der Waals surface area (Å²) in [7, 11) is -3.45. The van der Waals surface area contributed by atoms with E-state index in [0.29, 0.717) is 5.69 Å². The van der Waals surface area contributed by atoms with Crippen LogP contribution in [0.2, 0.25) is 0 Å². The zero-order valence-corrected chi connectivity index (χ0v) is 13.8. The van der Waals surface area contributed by atoms with Gasteiger partial charge in [0.1, 0.15) is 5.82 Å². The number of aromatic nitrogens is 1. The van der Waals surface area contributed by atoms with Crippen LogP contribution in [0.3, 0.4) is 0 Å². The highest BCUT2D eigenvalue weighted by molar-refractivity contribution is 7.92. The lowest BCUT2D eigenvalue weighted by Crippen LogP contribution is -2.27. The second-order valence-electron chi connectivity index (χ2n) is 5.99. The largest absolute Gasteiger partial charge is 0.322 e. The highest BCUT2D eigenvalue weighted by Gasteiger charge is 2.30. The van der Waals surface area contributed by atoms with E-state index < -0.39 is 26.3 Å². The van der Waals surface area contributed by atoms with Gasteiger partial charge in [-0.2, -0.15) is 0 Å². The van der Waals surface area contributed by atoms with Crippen molar-refractivity contribution in [3.63, 3.8) is 0 Å². The van der Waals surface area contributed by atoms with Crippen LogP contribution in [0, 0.1) is 5.82 Å². The molecule has 0 spiro atoms. The first-order valence-electron chi connectivity index (χ1n) is 6.88. The fraction of sp³-hybridized carbons (Fsp3) is 0.250. The number of nitrogens with zero attached hydrogens (tertiary/aromatic N) is 1. The molecule has 7 heteroatoms. The number of hydrogen-bond donors (Lipinski definition) is 1. The van der Waals surface area contributed by atoms with Gasteiger partial charge in [0.15, 0.2) is 9.84 Å². The van der Waals surface area contributed by atoms with Gasteiger partial charge in [-0.05, 0) is 51.1 Å². The third kappa shape index (κ3) is 3.73. The van der Waals surface area contributed by atoms with Crippen LogP contribution < -0.4 is 5.32 Å². The Labute approximate surface area is 134 Å². The van der Waals surface area contributed by atoms with Gasteiger partial charge in [-0.15, -0.1) is 0 Å². The quantitative estimate of drug-likeness (QED) is 0.935. The van der Waals surface area contributed by atoms with E-state index in [-0.39, 0.29) is 10.5 Å². The summed E-state index contributed by atoms with van der Waals surface area (Å²) in [5.41, 5.74) is 0.489. The van der Waals surface area contributed by atoms with Crippen molar-refractivity contribution in [3.05, 3.63) is 54.1 Å². The van der Waals surface area contributed by atoms with E-state index in [2.05, 4.69) is 10.3 Å². The number of amides is 1. The summed E-state index contributed by atoms with van der Waals surface area (Å²) >= 11 is 0.